The monoisotopic (exact) mass is 679 g/mol. The summed E-state index contributed by atoms with van der Waals surface area (Å²) in [6.45, 7) is 9.78. The number of carboxylic acid groups (broad SMARTS) is 1. The van der Waals surface area contributed by atoms with Crippen molar-refractivity contribution in [2.45, 2.75) is 71.6 Å². The molecule has 11 nitrogen and oxygen atoms in total. The van der Waals surface area contributed by atoms with Crippen molar-refractivity contribution in [1.82, 2.24) is 15.1 Å². The first-order valence-electron chi connectivity index (χ1n) is 15.8. The molecule has 12 heteroatoms. The Balaban J connectivity index is 0.00000625. The number of imide groups is 1. The van der Waals surface area contributed by atoms with Gasteiger partial charge in [-0.05, 0) is 68.0 Å². The van der Waals surface area contributed by atoms with Crippen LogP contribution >= 0.6 is 12.4 Å². The molecule has 0 bridgehead atoms. The van der Waals surface area contributed by atoms with E-state index < -0.39 is 35.7 Å². The molecule has 4 rings (SSSR count). The van der Waals surface area contributed by atoms with Gasteiger partial charge in [-0.15, -0.1) is 12.4 Å². The molecule has 258 valence electrons. The summed E-state index contributed by atoms with van der Waals surface area (Å²) < 4.78 is 5.57. The van der Waals surface area contributed by atoms with Crippen LogP contribution in [0.1, 0.15) is 63.3 Å². The van der Waals surface area contributed by atoms with Gasteiger partial charge in [0.1, 0.15) is 11.3 Å². The number of carboxylic acids is 1. The summed E-state index contributed by atoms with van der Waals surface area (Å²) in [6.07, 6.45) is 0.403. The molecule has 1 aliphatic heterocycles. The van der Waals surface area contributed by atoms with Crippen molar-refractivity contribution in [3.63, 3.8) is 0 Å². The first kappa shape index (κ1) is 37.8. The maximum atomic E-state index is 14.0. The fraction of sp³-hybridized carbons (Fsp3) is 0.389. The molecule has 0 unspecified atom stereocenters. The van der Waals surface area contributed by atoms with Crippen LogP contribution < -0.4 is 20.7 Å². The summed E-state index contributed by atoms with van der Waals surface area (Å²) in [6, 6.07) is 20.1. The molecule has 1 fully saturated rings. The van der Waals surface area contributed by atoms with E-state index in [-0.39, 0.29) is 43.7 Å². The fourth-order valence-corrected chi connectivity index (χ4v) is 5.83. The number of ether oxygens (including phenoxy) is 1. The number of urea groups is 2. The number of methoxy groups -OCH3 is 1. The van der Waals surface area contributed by atoms with Crippen LogP contribution in [-0.2, 0) is 16.1 Å². The van der Waals surface area contributed by atoms with Gasteiger partial charge in [-0.25, -0.2) is 9.59 Å². The zero-order valence-electron chi connectivity index (χ0n) is 28.3. The number of nitrogens with zero attached hydrogens (tertiary/aromatic N) is 2. The van der Waals surface area contributed by atoms with Crippen molar-refractivity contribution < 1.29 is 29.0 Å². The van der Waals surface area contributed by atoms with E-state index in [1.807, 2.05) is 75.4 Å². The number of para-hydroxylation sites is 1. The number of rotatable bonds is 14. The van der Waals surface area contributed by atoms with Gasteiger partial charge in [-0.1, -0.05) is 68.4 Å². The second kappa shape index (κ2) is 16.5. The van der Waals surface area contributed by atoms with Crippen molar-refractivity contribution in [2.75, 3.05) is 24.3 Å². The average molecular weight is 680 g/mol. The highest BCUT2D eigenvalue weighted by Crippen LogP contribution is 2.34. The lowest BCUT2D eigenvalue weighted by atomic mass is 9.98. The second-order valence-electron chi connectivity index (χ2n) is 12.8. The van der Waals surface area contributed by atoms with Crippen molar-refractivity contribution in [3.8, 4) is 5.75 Å². The van der Waals surface area contributed by atoms with Crippen molar-refractivity contribution in [3.05, 3.63) is 89.5 Å². The molecule has 0 aromatic heterocycles. The summed E-state index contributed by atoms with van der Waals surface area (Å²) in [5.41, 5.74) is 2.46. The van der Waals surface area contributed by atoms with Crippen LogP contribution in [0, 0.1) is 12.8 Å². The third-order valence-electron chi connectivity index (χ3n) is 8.39. The Kier molecular flexibility index (Phi) is 13.0. The molecule has 0 aliphatic carbocycles. The lowest BCUT2D eigenvalue weighted by molar-refractivity contribution is -0.138. The summed E-state index contributed by atoms with van der Waals surface area (Å²) >= 11 is 0. The molecule has 1 saturated heterocycles. The highest BCUT2D eigenvalue weighted by Gasteiger charge is 2.53. The average Bonchev–Trinajstić information content (AvgIpc) is 3.19. The van der Waals surface area contributed by atoms with Gasteiger partial charge in [0.15, 0.2) is 0 Å². The smallest absolute Gasteiger partial charge is 0.328 e. The summed E-state index contributed by atoms with van der Waals surface area (Å²) in [4.78, 5) is 55.2. The molecule has 48 heavy (non-hydrogen) atoms. The van der Waals surface area contributed by atoms with E-state index in [1.165, 1.54) is 12.0 Å². The van der Waals surface area contributed by atoms with Gasteiger partial charge in [0.25, 0.3) is 5.91 Å². The fourth-order valence-electron chi connectivity index (χ4n) is 5.83. The van der Waals surface area contributed by atoms with Crippen LogP contribution in [-0.4, -0.2) is 64.1 Å². The number of carbonyl (C=O) groups excluding carboxylic acids is 3. The molecule has 0 saturated carbocycles. The molecule has 2 atom stereocenters. The number of amides is 5. The highest BCUT2D eigenvalue weighted by molar-refractivity contribution is 6.07. The van der Waals surface area contributed by atoms with E-state index in [9.17, 15) is 24.3 Å². The normalized spacial score (nSPS) is 15.1. The molecular formula is C36H46ClN5O6. The van der Waals surface area contributed by atoms with E-state index in [2.05, 4.69) is 16.0 Å². The largest absolute Gasteiger partial charge is 0.495 e. The predicted molar refractivity (Wildman–Crippen MR) is 189 cm³/mol. The van der Waals surface area contributed by atoms with E-state index in [0.717, 1.165) is 11.1 Å². The van der Waals surface area contributed by atoms with E-state index in [1.54, 1.807) is 36.9 Å². The molecular weight excluding hydrogens is 634 g/mol. The lowest BCUT2D eigenvalue weighted by Crippen LogP contribution is -2.48. The SMILES string of the molecule is COc1cc(CN2C(=O)N([C@@H](CN[C@@H](CC(=O)O)c3ccccc3)CC(C)C)C(=O)C2(C)C)ccc1NC(=O)Nc1ccccc1C.Cl. The van der Waals surface area contributed by atoms with Crippen molar-refractivity contribution in [1.29, 1.82) is 0 Å². The van der Waals surface area contributed by atoms with E-state index in [4.69, 9.17) is 4.74 Å². The zero-order chi connectivity index (χ0) is 34.3. The van der Waals surface area contributed by atoms with Crippen LogP contribution in [0.5, 0.6) is 5.75 Å². The number of aliphatic carboxylic acids is 1. The lowest BCUT2D eigenvalue weighted by Gasteiger charge is -2.30. The Morgan fingerprint density at radius 3 is 2.21 bits per heavy atom. The van der Waals surface area contributed by atoms with E-state index >= 15 is 0 Å². The maximum Gasteiger partial charge on any atom is 0.328 e. The number of aryl methyl sites for hydroxylation is 1. The number of benzene rings is 3. The number of nitrogens with one attached hydrogen (secondary N) is 3. The summed E-state index contributed by atoms with van der Waals surface area (Å²) in [5.74, 6) is -0.692. The molecule has 4 N–H and O–H groups in total. The molecule has 1 aliphatic rings. The Labute approximate surface area is 288 Å². The molecule has 0 radical (unpaired) electrons. The zero-order valence-corrected chi connectivity index (χ0v) is 29.1. The third kappa shape index (κ3) is 9.05. The quantitative estimate of drug-likeness (QED) is 0.137. The third-order valence-corrected chi connectivity index (χ3v) is 8.39. The van der Waals surface area contributed by atoms with Gasteiger partial charge in [-0.2, -0.15) is 0 Å². The molecule has 1 heterocycles. The van der Waals surface area contributed by atoms with Gasteiger partial charge in [-0.3, -0.25) is 14.5 Å². The van der Waals surface area contributed by atoms with Gasteiger partial charge >= 0.3 is 18.0 Å². The Morgan fingerprint density at radius 1 is 0.938 bits per heavy atom. The highest BCUT2D eigenvalue weighted by atomic mass is 35.5. The number of carbonyl (C=O) groups is 4. The van der Waals surface area contributed by atoms with Gasteiger partial charge < -0.3 is 30.7 Å². The van der Waals surface area contributed by atoms with Gasteiger partial charge in [0.2, 0.25) is 0 Å². The predicted octanol–water partition coefficient (Wildman–Crippen LogP) is 6.83. The first-order chi connectivity index (χ1) is 22.3. The molecule has 0 spiro atoms. The molecule has 5 amide bonds. The Bertz CT molecular complexity index is 1600. The number of hydrogen-bond acceptors (Lipinski definition) is 6. The minimum Gasteiger partial charge on any atom is -0.495 e. The standard InChI is InChI=1S/C36H45N5O6.ClH/c1-23(2)18-27(21-37-30(20-32(42)43)26-13-8-7-9-14-26)41-33(44)36(4,5)40(35(41)46)22-25-16-17-29(31(19-25)47-6)39-34(45)38-28-15-11-10-12-24(28)3;/h7-17,19,23,27,30,37H,18,20-22H2,1-6H3,(H,42,43)(H2,38,39,45);1H/t27-,30+;/m1./s1. The van der Waals surface area contributed by atoms with Crippen LogP contribution in [0.2, 0.25) is 0 Å². The second-order valence-corrected chi connectivity index (χ2v) is 12.8. The maximum absolute atomic E-state index is 14.0. The van der Waals surface area contributed by atoms with Crippen molar-refractivity contribution in [2.24, 2.45) is 5.92 Å². The number of hydrogen-bond donors (Lipinski definition) is 4. The summed E-state index contributed by atoms with van der Waals surface area (Å²) in [5, 5.41) is 18.5. The van der Waals surface area contributed by atoms with E-state index in [0.29, 0.717) is 29.1 Å². The number of halogens is 1. The van der Waals surface area contributed by atoms with Gasteiger partial charge in [0.05, 0.1) is 25.3 Å². The Morgan fingerprint density at radius 2 is 1.58 bits per heavy atom. The topological polar surface area (TPSA) is 140 Å². The minimum absolute atomic E-state index is 0. The molecule has 3 aromatic rings. The minimum atomic E-state index is -1.14. The molecule has 3 aromatic carbocycles. The van der Waals surface area contributed by atoms with Gasteiger partial charge in [0, 0.05) is 24.8 Å². The Hall–Kier alpha value is -4.61. The first-order valence-corrected chi connectivity index (χ1v) is 15.8. The summed E-state index contributed by atoms with van der Waals surface area (Å²) in [7, 11) is 1.50. The van der Waals surface area contributed by atoms with Crippen molar-refractivity contribution >= 4 is 47.7 Å². The van der Waals surface area contributed by atoms with Crippen LogP contribution in [0.25, 0.3) is 0 Å². The van der Waals surface area contributed by atoms with Crippen LogP contribution in [0.3, 0.4) is 0 Å². The van der Waals surface area contributed by atoms with Crippen LogP contribution in [0.4, 0.5) is 21.0 Å². The van der Waals surface area contributed by atoms with Crippen LogP contribution in [0.15, 0.2) is 72.8 Å². The number of anilines is 2.